The number of fused-ring (bicyclic) bond motifs is 7. The fourth-order valence-electron chi connectivity index (χ4n) is 6.07. The van der Waals surface area contributed by atoms with Gasteiger partial charge in [-0.1, -0.05) is 52.2 Å². The van der Waals surface area contributed by atoms with Gasteiger partial charge in [0.1, 0.15) is 5.69 Å². The lowest BCUT2D eigenvalue weighted by Gasteiger charge is -2.12. The standard InChI is InChI=1S/C30H29N2/c1-16-7-8-21-14-22-9-10-23-26(29(22)25(21)12-16)15-27-28(23)20(5)31-32(6)30(27)24-13-17(2)11-18(3)19(24)4/h7-13H,14-15H2,1-6H3/q+1. The van der Waals surface area contributed by atoms with E-state index in [9.17, 15) is 0 Å². The largest absolute Gasteiger partial charge is 0.243 e. The Labute approximate surface area is 190 Å². The Morgan fingerprint density at radius 3 is 2.25 bits per heavy atom. The zero-order chi connectivity index (χ0) is 22.3. The van der Waals surface area contributed by atoms with Crippen molar-refractivity contribution in [1.29, 1.82) is 0 Å². The third-order valence-corrected chi connectivity index (χ3v) is 7.58. The van der Waals surface area contributed by atoms with Crippen LogP contribution in [0.1, 0.15) is 50.2 Å². The van der Waals surface area contributed by atoms with Gasteiger partial charge in [-0.2, -0.15) is 0 Å². The average molecular weight is 418 g/mol. The first-order chi connectivity index (χ1) is 15.3. The van der Waals surface area contributed by atoms with Crippen molar-refractivity contribution in [2.24, 2.45) is 7.05 Å². The summed E-state index contributed by atoms with van der Waals surface area (Å²) in [7, 11) is 2.10. The summed E-state index contributed by atoms with van der Waals surface area (Å²) in [6, 6.07) is 16.3. The van der Waals surface area contributed by atoms with Gasteiger partial charge in [0.25, 0.3) is 0 Å². The van der Waals surface area contributed by atoms with Crippen LogP contribution in [0, 0.1) is 34.6 Å². The normalized spacial score (nSPS) is 13.1. The fourth-order valence-corrected chi connectivity index (χ4v) is 6.07. The van der Waals surface area contributed by atoms with Gasteiger partial charge in [0.15, 0.2) is 7.05 Å². The van der Waals surface area contributed by atoms with Crippen molar-refractivity contribution in [3.63, 3.8) is 0 Å². The van der Waals surface area contributed by atoms with E-state index in [4.69, 9.17) is 5.10 Å². The van der Waals surface area contributed by atoms with Crippen molar-refractivity contribution in [1.82, 2.24) is 5.10 Å². The highest BCUT2D eigenvalue weighted by Gasteiger charge is 2.35. The van der Waals surface area contributed by atoms with Crippen molar-refractivity contribution in [3.8, 4) is 33.5 Å². The summed E-state index contributed by atoms with van der Waals surface area (Å²) in [4.78, 5) is 0. The minimum Gasteiger partial charge on any atom is -0.0859 e. The van der Waals surface area contributed by atoms with Crippen LogP contribution in [0.5, 0.6) is 0 Å². The van der Waals surface area contributed by atoms with Crippen LogP contribution >= 0.6 is 0 Å². The topological polar surface area (TPSA) is 16.8 Å². The lowest BCUT2D eigenvalue weighted by atomic mass is 9.93. The molecule has 0 fully saturated rings. The Kier molecular flexibility index (Phi) is 4.02. The fraction of sp³-hybridized carbons (Fsp3) is 0.267. The average Bonchev–Trinajstić information content (AvgIpc) is 3.29. The summed E-state index contributed by atoms with van der Waals surface area (Å²) >= 11 is 0. The Balaban J connectivity index is 1.64. The van der Waals surface area contributed by atoms with Gasteiger partial charge < -0.3 is 0 Å². The molecule has 3 aromatic carbocycles. The van der Waals surface area contributed by atoms with Crippen LogP contribution < -0.4 is 4.68 Å². The van der Waals surface area contributed by atoms with Gasteiger partial charge in [-0.25, -0.2) is 0 Å². The number of hydrogen-bond acceptors (Lipinski definition) is 1. The smallest absolute Gasteiger partial charge is 0.0859 e. The highest BCUT2D eigenvalue weighted by Crippen LogP contribution is 2.49. The second-order valence-electron chi connectivity index (χ2n) is 9.81. The van der Waals surface area contributed by atoms with Gasteiger partial charge in [-0.05, 0) is 96.7 Å². The highest BCUT2D eigenvalue weighted by molar-refractivity contribution is 5.92. The maximum atomic E-state index is 4.99. The first kappa shape index (κ1) is 19.4. The van der Waals surface area contributed by atoms with Crippen molar-refractivity contribution < 1.29 is 4.68 Å². The summed E-state index contributed by atoms with van der Waals surface area (Å²) in [5, 5.41) is 4.99. The zero-order valence-electron chi connectivity index (χ0n) is 19.9. The summed E-state index contributed by atoms with van der Waals surface area (Å²) in [5.41, 5.74) is 20.5. The molecule has 0 radical (unpaired) electrons. The molecule has 0 saturated carbocycles. The molecule has 158 valence electrons. The summed E-state index contributed by atoms with van der Waals surface area (Å²) in [5.74, 6) is 0. The summed E-state index contributed by atoms with van der Waals surface area (Å²) in [6.07, 6.45) is 2.02. The second-order valence-corrected chi connectivity index (χ2v) is 9.81. The number of aryl methyl sites for hydroxylation is 5. The van der Waals surface area contributed by atoms with Gasteiger partial charge in [0.05, 0.1) is 5.56 Å². The van der Waals surface area contributed by atoms with Crippen LogP contribution in [0.2, 0.25) is 0 Å². The van der Waals surface area contributed by atoms with Crippen LogP contribution in [0.15, 0.2) is 42.5 Å². The van der Waals surface area contributed by atoms with E-state index in [0.717, 1.165) is 18.5 Å². The van der Waals surface area contributed by atoms with E-state index in [1.165, 1.54) is 78.0 Å². The predicted octanol–water partition coefficient (Wildman–Crippen LogP) is 6.26. The Bertz CT molecular complexity index is 1470. The SMILES string of the molecule is Cc1ccc2c(c1)-c1c(ccc3c1Cc1c-3c(C)n[n+](C)c1-c1cc(C)cc(C)c1C)C2. The number of rotatable bonds is 1. The number of benzene rings is 3. The van der Waals surface area contributed by atoms with Gasteiger partial charge in [0.2, 0.25) is 5.69 Å². The van der Waals surface area contributed by atoms with Crippen molar-refractivity contribution in [2.75, 3.05) is 0 Å². The van der Waals surface area contributed by atoms with E-state index in [2.05, 4.69) is 88.8 Å². The molecular formula is C30H29N2+. The maximum Gasteiger partial charge on any atom is 0.243 e. The molecule has 0 aliphatic heterocycles. The van der Waals surface area contributed by atoms with E-state index in [1.807, 2.05) is 0 Å². The molecule has 2 heteroatoms. The molecule has 2 aliphatic carbocycles. The van der Waals surface area contributed by atoms with Crippen LogP contribution in [-0.4, -0.2) is 5.10 Å². The molecule has 4 aromatic rings. The maximum absolute atomic E-state index is 4.99. The molecule has 2 nitrogen and oxygen atoms in total. The molecular weight excluding hydrogens is 388 g/mol. The lowest BCUT2D eigenvalue weighted by Crippen LogP contribution is -2.38. The zero-order valence-corrected chi connectivity index (χ0v) is 19.9. The van der Waals surface area contributed by atoms with Crippen LogP contribution in [0.25, 0.3) is 33.5 Å². The van der Waals surface area contributed by atoms with Gasteiger partial charge in [0, 0.05) is 17.5 Å². The van der Waals surface area contributed by atoms with Crippen LogP contribution in [0.3, 0.4) is 0 Å². The van der Waals surface area contributed by atoms with E-state index < -0.39 is 0 Å². The molecule has 0 atom stereocenters. The predicted molar refractivity (Wildman–Crippen MR) is 131 cm³/mol. The highest BCUT2D eigenvalue weighted by atomic mass is 15.3. The Hall–Kier alpha value is -3.26. The van der Waals surface area contributed by atoms with Crippen LogP contribution in [0.4, 0.5) is 0 Å². The molecule has 32 heavy (non-hydrogen) atoms. The summed E-state index contributed by atoms with van der Waals surface area (Å²) < 4.78 is 2.11. The number of aromatic nitrogens is 2. The molecule has 0 bridgehead atoms. The molecule has 6 rings (SSSR count). The molecule has 1 aromatic heterocycles. The first-order valence-electron chi connectivity index (χ1n) is 11.6. The van der Waals surface area contributed by atoms with Crippen molar-refractivity contribution >= 4 is 0 Å². The van der Waals surface area contributed by atoms with E-state index in [-0.39, 0.29) is 0 Å². The molecule has 2 aliphatic rings. The van der Waals surface area contributed by atoms with Gasteiger partial charge in [-0.3, -0.25) is 0 Å². The van der Waals surface area contributed by atoms with E-state index >= 15 is 0 Å². The quantitative estimate of drug-likeness (QED) is 0.289. The van der Waals surface area contributed by atoms with E-state index in [0.29, 0.717) is 0 Å². The second kappa shape index (κ2) is 6.62. The third kappa shape index (κ3) is 2.59. The summed E-state index contributed by atoms with van der Waals surface area (Å²) in [6.45, 7) is 11.0. The van der Waals surface area contributed by atoms with E-state index in [1.54, 1.807) is 0 Å². The third-order valence-electron chi connectivity index (χ3n) is 7.58. The number of nitrogens with zero attached hydrogens (tertiary/aromatic N) is 2. The molecule has 0 amide bonds. The van der Waals surface area contributed by atoms with Crippen LogP contribution in [-0.2, 0) is 19.9 Å². The first-order valence-corrected chi connectivity index (χ1v) is 11.6. The lowest BCUT2D eigenvalue weighted by molar-refractivity contribution is -0.721. The van der Waals surface area contributed by atoms with Gasteiger partial charge >= 0.3 is 0 Å². The minimum absolute atomic E-state index is 0.972. The van der Waals surface area contributed by atoms with Gasteiger partial charge in [-0.15, -0.1) is 0 Å². The van der Waals surface area contributed by atoms with Crippen molar-refractivity contribution in [2.45, 2.75) is 47.5 Å². The molecule has 0 saturated heterocycles. The molecule has 0 unspecified atom stereocenters. The molecule has 0 spiro atoms. The molecule has 1 heterocycles. The monoisotopic (exact) mass is 417 g/mol. The Morgan fingerprint density at radius 2 is 1.44 bits per heavy atom. The Morgan fingerprint density at radius 1 is 0.688 bits per heavy atom. The van der Waals surface area contributed by atoms with Crippen molar-refractivity contribution in [3.05, 3.63) is 92.7 Å². The minimum atomic E-state index is 0.972. The number of hydrogen-bond donors (Lipinski definition) is 0. The molecule has 0 N–H and O–H groups in total.